The van der Waals surface area contributed by atoms with Crippen molar-refractivity contribution in [2.24, 2.45) is 5.92 Å². The zero-order valence-corrected chi connectivity index (χ0v) is 8.67. The van der Waals surface area contributed by atoms with E-state index >= 15 is 0 Å². The van der Waals surface area contributed by atoms with E-state index in [2.05, 4.69) is 38.7 Å². The van der Waals surface area contributed by atoms with Crippen LogP contribution in [0.2, 0.25) is 0 Å². The van der Waals surface area contributed by atoms with Gasteiger partial charge < -0.3 is 0 Å². The van der Waals surface area contributed by atoms with Gasteiger partial charge in [-0.25, -0.2) is 0 Å². The second-order valence-electron chi connectivity index (χ2n) is 3.90. The van der Waals surface area contributed by atoms with Gasteiger partial charge in [0.25, 0.3) is 0 Å². The highest BCUT2D eigenvalue weighted by Crippen LogP contribution is 2.04. The van der Waals surface area contributed by atoms with E-state index in [9.17, 15) is 0 Å². The van der Waals surface area contributed by atoms with E-state index in [1.807, 2.05) is 0 Å². The highest BCUT2D eigenvalue weighted by molar-refractivity contribution is 4.78. The second-order valence-corrected chi connectivity index (χ2v) is 3.90. The van der Waals surface area contributed by atoms with Crippen LogP contribution in [-0.4, -0.2) is 24.0 Å². The predicted octanol–water partition coefficient (Wildman–Crippen LogP) is 2.27. The van der Waals surface area contributed by atoms with E-state index in [-0.39, 0.29) is 0 Å². The summed E-state index contributed by atoms with van der Waals surface area (Å²) < 4.78 is 0. The first-order valence-corrected chi connectivity index (χ1v) is 4.69. The Morgan fingerprint density at radius 3 is 2.17 bits per heavy atom. The molecule has 0 aliphatic rings. The summed E-state index contributed by atoms with van der Waals surface area (Å²) in [6, 6.07) is 2.69. The minimum Gasteiger partial charge on any atom is -0.288 e. The van der Waals surface area contributed by atoms with Crippen LogP contribution in [0.3, 0.4) is 0 Å². The summed E-state index contributed by atoms with van der Waals surface area (Å²) in [5.41, 5.74) is 0. The van der Waals surface area contributed by atoms with Crippen molar-refractivity contribution in [3.8, 4) is 6.07 Å². The zero-order chi connectivity index (χ0) is 9.56. The lowest BCUT2D eigenvalue weighted by molar-refractivity contribution is 0.234. The first-order chi connectivity index (χ1) is 5.57. The maximum atomic E-state index is 8.56. The molecular weight excluding hydrogens is 148 g/mol. The summed E-state index contributed by atoms with van der Waals surface area (Å²) in [4.78, 5) is 2.21. The van der Waals surface area contributed by atoms with Crippen LogP contribution < -0.4 is 0 Å². The Hall–Kier alpha value is -0.550. The zero-order valence-electron chi connectivity index (χ0n) is 8.67. The fourth-order valence-electron chi connectivity index (χ4n) is 1.03. The summed E-state index contributed by atoms with van der Waals surface area (Å²) in [6.07, 6.45) is 1.18. The van der Waals surface area contributed by atoms with Gasteiger partial charge in [-0.2, -0.15) is 5.26 Å². The Morgan fingerprint density at radius 1 is 1.25 bits per heavy atom. The van der Waals surface area contributed by atoms with Crippen LogP contribution in [0.4, 0.5) is 0 Å². The fourth-order valence-corrected chi connectivity index (χ4v) is 1.03. The molecule has 0 aromatic carbocycles. The van der Waals surface area contributed by atoms with E-state index in [1.165, 1.54) is 6.42 Å². The van der Waals surface area contributed by atoms with Crippen LogP contribution >= 0.6 is 0 Å². The van der Waals surface area contributed by atoms with E-state index in [1.54, 1.807) is 0 Å². The molecule has 0 unspecified atom stereocenters. The van der Waals surface area contributed by atoms with Gasteiger partial charge >= 0.3 is 0 Å². The molecule has 0 saturated heterocycles. The van der Waals surface area contributed by atoms with Crippen LogP contribution in [0.25, 0.3) is 0 Å². The number of hydrogen-bond donors (Lipinski definition) is 0. The third-order valence-electron chi connectivity index (χ3n) is 2.00. The molecule has 0 saturated carbocycles. The monoisotopic (exact) mass is 168 g/mol. The van der Waals surface area contributed by atoms with Crippen LogP contribution in [0.1, 0.15) is 34.1 Å². The number of rotatable bonds is 5. The largest absolute Gasteiger partial charge is 0.288 e. The van der Waals surface area contributed by atoms with Crippen LogP contribution in [-0.2, 0) is 0 Å². The van der Waals surface area contributed by atoms with Crippen LogP contribution in [0.5, 0.6) is 0 Å². The van der Waals surface area contributed by atoms with Crippen molar-refractivity contribution in [3.63, 3.8) is 0 Å². The lowest BCUT2D eigenvalue weighted by Crippen LogP contribution is -2.32. The van der Waals surface area contributed by atoms with Gasteiger partial charge in [0.15, 0.2) is 0 Å². The van der Waals surface area contributed by atoms with Gasteiger partial charge in [-0.3, -0.25) is 4.90 Å². The molecular formula is C10H20N2. The van der Waals surface area contributed by atoms with Gasteiger partial charge in [-0.1, -0.05) is 13.8 Å². The molecule has 0 aromatic heterocycles. The molecule has 0 fully saturated rings. The molecule has 0 aliphatic carbocycles. The summed E-state index contributed by atoms with van der Waals surface area (Å²) in [7, 11) is 0. The molecule has 0 N–H and O–H groups in total. The van der Waals surface area contributed by atoms with E-state index in [0.717, 1.165) is 12.5 Å². The highest BCUT2D eigenvalue weighted by Gasteiger charge is 2.08. The summed E-state index contributed by atoms with van der Waals surface area (Å²) in [5.74, 6) is 0.727. The maximum Gasteiger partial charge on any atom is 0.0868 e. The van der Waals surface area contributed by atoms with Crippen molar-refractivity contribution < 1.29 is 0 Å². The van der Waals surface area contributed by atoms with Crippen LogP contribution in [0.15, 0.2) is 0 Å². The second kappa shape index (κ2) is 6.02. The molecule has 0 rings (SSSR count). The number of nitrogens with zero attached hydrogens (tertiary/aromatic N) is 2. The van der Waals surface area contributed by atoms with Gasteiger partial charge in [0.2, 0.25) is 0 Å². The average molecular weight is 168 g/mol. The third-order valence-corrected chi connectivity index (χ3v) is 2.00. The quantitative estimate of drug-likeness (QED) is 0.589. The summed E-state index contributed by atoms with van der Waals surface area (Å²) >= 11 is 0. The van der Waals surface area contributed by atoms with Crippen molar-refractivity contribution in [1.82, 2.24) is 4.90 Å². The molecule has 2 nitrogen and oxygen atoms in total. The predicted molar refractivity (Wildman–Crippen MR) is 51.8 cm³/mol. The van der Waals surface area contributed by atoms with Crippen molar-refractivity contribution in [1.29, 1.82) is 5.26 Å². The Labute approximate surface area is 76.2 Å². The normalized spacial score (nSPS) is 11.2. The SMILES string of the molecule is CC(C)CCN(CC#N)C(C)C. The minimum atomic E-state index is 0.489. The molecule has 12 heavy (non-hydrogen) atoms. The third kappa shape index (κ3) is 5.15. The highest BCUT2D eigenvalue weighted by atomic mass is 15.1. The Bertz CT molecular complexity index is 144. The molecule has 2 heteroatoms. The van der Waals surface area contributed by atoms with Gasteiger partial charge in [0, 0.05) is 6.04 Å². The van der Waals surface area contributed by atoms with Gasteiger partial charge in [0.05, 0.1) is 12.6 Å². The minimum absolute atomic E-state index is 0.489. The maximum absolute atomic E-state index is 8.56. The first-order valence-electron chi connectivity index (χ1n) is 4.69. The molecule has 0 spiro atoms. The Kier molecular flexibility index (Phi) is 5.74. The molecule has 0 bridgehead atoms. The Balaban J connectivity index is 3.73. The van der Waals surface area contributed by atoms with E-state index in [4.69, 9.17) is 5.26 Å². The molecule has 0 heterocycles. The standard InChI is InChI=1S/C10H20N2/c1-9(2)5-7-12(8-6-11)10(3)4/h9-10H,5,7-8H2,1-4H3. The van der Waals surface area contributed by atoms with E-state index in [0.29, 0.717) is 12.6 Å². The van der Waals surface area contributed by atoms with Crippen molar-refractivity contribution in [2.45, 2.75) is 40.2 Å². The molecule has 0 amide bonds. The Morgan fingerprint density at radius 2 is 1.83 bits per heavy atom. The van der Waals surface area contributed by atoms with Gasteiger partial charge in [0.1, 0.15) is 0 Å². The molecule has 0 atom stereocenters. The molecule has 70 valence electrons. The van der Waals surface area contributed by atoms with Gasteiger partial charge in [-0.05, 0) is 32.7 Å². The smallest absolute Gasteiger partial charge is 0.0868 e. The molecule has 0 aliphatic heterocycles. The van der Waals surface area contributed by atoms with E-state index < -0.39 is 0 Å². The lowest BCUT2D eigenvalue weighted by atomic mass is 10.1. The van der Waals surface area contributed by atoms with Crippen molar-refractivity contribution >= 4 is 0 Å². The number of nitriles is 1. The topological polar surface area (TPSA) is 27.0 Å². The van der Waals surface area contributed by atoms with Crippen LogP contribution in [0, 0.1) is 17.2 Å². The van der Waals surface area contributed by atoms with Gasteiger partial charge in [-0.15, -0.1) is 0 Å². The summed E-state index contributed by atoms with van der Waals surface area (Å²) in [6.45, 7) is 10.3. The first kappa shape index (κ1) is 11.4. The number of hydrogen-bond acceptors (Lipinski definition) is 2. The molecule has 0 radical (unpaired) electrons. The lowest BCUT2D eigenvalue weighted by Gasteiger charge is -2.23. The average Bonchev–Trinajstić information content (AvgIpc) is 1.96. The summed E-state index contributed by atoms with van der Waals surface area (Å²) in [5, 5.41) is 8.56. The van der Waals surface area contributed by atoms with Crippen molar-refractivity contribution in [2.75, 3.05) is 13.1 Å². The van der Waals surface area contributed by atoms with Crippen molar-refractivity contribution in [3.05, 3.63) is 0 Å². The molecule has 0 aromatic rings. The fraction of sp³-hybridized carbons (Fsp3) is 0.900.